The summed E-state index contributed by atoms with van der Waals surface area (Å²) in [6, 6.07) is 5.90. The summed E-state index contributed by atoms with van der Waals surface area (Å²) in [5.41, 5.74) is 7.45. The van der Waals surface area contributed by atoms with E-state index in [0.717, 1.165) is 16.6 Å². The van der Waals surface area contributed by atoms with E-state index in [1.54, 1.807) is 13.8 Å². The normalized spacial score (nSPS) is 12.0. The molecule has 1 aromatic heterocycles. The molecular formula is C13H16ClN3O. The van der Waals surface area contributed by atoms with Gasteiger partial charge in [-0.05, 0) is 38.5 Å². The monoisotopic (exact) mass is 265 g/mol. The third kappa shape index (κ3) is 1.86. The number of fused-ring (bicyclic) bond motifs is 1. The molecule has 0 atom stereocenters. The van der Waals surface area contributed by atoms with E-state index in [9.17, 15) is 4.79 Å². The van der Waals surface area contributed by atoms with Gasteiger partial charge in [-0.15, -0.1) is 11.6 Å². The summed E-state index contributed by atoms with van der Waals surface area (Å²) in [6.07, 6.45) is 0. The van der Waals surface area contributed by atoms with Gasteiger partial charge < -0.3 is 10.3 Å². The number of carbonyl (C=O) groups excluding carboxylic acids is 1. The maximum Gasteiger partial charge on any atom is 0.243 e. The summed E-state index contributed by atoms with van der Waals surface area (Å²) in [7, 11) is 0. The second kappa shape index (κ2) is 4.28. The molecule has 96 valence electrons. The Morgan fingerprint density at radius 1 is 1.50 bits per heavy atom. The molecule has 1 heterocycles. The summed E-state index contributed by atoms with van der Waals surface area (Å²) in [5.74, 6) is 0.486. The zero-order valence-corrected chi connectivity index (χ0v) is 11.5. The van der Waals surface area contributed by atoms with Gasteiger partial charge in [0.1, 0.15) is 11.4 Å². The predicted octanol–water partition coefficient (Wildman–Crippen LogP) is 2.30. The summed E-state index contributed by atoms with van der Waals surface area (Å²) in [4.78, 5) is 16.1. The van der Waals surface area contributed by atoms with Crippen LogP contribution in [0.5, 0.6) is 0 Å². The molecule has 0 aliphatic rings. The van der Waals surface area contributed by atoms with E-state index in [1.165, 1.54) is 0 Å². The molecule has 0 aliphatic carbocycles. The Morgan fingerprint density at radius 2 is 2.17 bits per heavy atom. The first-order valence-electron chi connectivity index (χ1n) is 5.72. The zero-order chi connectivity index (χ0) is 13.5. The van der Waals surface area contributed by atoms with Gasteiger partial charge in [-0.1, -0.05) is 6.07 Å². The zero-order valence-electron chi connectivity index (χ0n) is 10.7. The summed E-state index contributed by atoms with van der Waals surface area (Å²) >= 11 is 5.92. The van der Waals surface area contributed by atoms with E-state index in [-0.39, 0.29) is 5.88 Å². The number of aromatic nitrogens is 2. The number of primary amides is 1. The minimum absolute atomic E-state index is 0.241. The SMILES string of the molecule is Cc1ccc2c(c1)nc(CCl)n2C(C)(C)C(N)=O. The molecule has 2 aromatic rings. The molecule has 0 fully saturated rings. The summed E-state index contributed by atoms with van der Waals surface area (Å²) in [5, 5.41) is 0. The Balaban J connectivity index is 2.79. The van der Waals surface area contributed by atoms with Crippen LogP contribution in [0.25, 0.3) is 11.0 Å². The standard InChI is InChI=1S/C13H16ClN3O/c1-8-4-5-10-9(6-8)16-11(7-14)17(10)13(2,3)12(15)18/h4-6H,7H2,1-3H3,(H2,15,18). The number of halogens is 1. The molecule has 18 heavy (non-hydrogen) atoms. The molecule has 1 amide bonds. The lowest BCUT2D eigenvalue weighted by molar-refractivity contribution is -0.125. The number of hydrogen-bond donors (Lipinski definition) is 1. The number of hydrogen-bond acceptors (Lipinski definition) is 2. The van der Waals surface area contributed by atoms with Gasteiger partial charge in [0.15, 0.2) is 0 Å². The molecule has 1 aromatic carbocycles. The summed E-state index contributed by atoms with van der Waals surface area (Å²) in [6.45, 7) is 5.54. The van der Waals surface area contributed by atoms with Crippen molar-refractivity contribution in [3.8, 4) is 0 Å². The molecule has 0 bridgehead atoms. The number of imidazole rings is 1. The maximum absolute atomic E-state index is 11.6. The average molecular weight is 266 g/mol. The van der Waals surface area contributed by atoms with E-state index in [2.05, 4.69) is 4.98 Å². The van der Waals surface area contributed by atoms with Crippen LogP contribution in [0.15, 0.2) is 18.2 Å². The van der Waals surface area contributed by atoms with E-state index in [1.807, 2.05) is 29.7 Å². The van der Waals surface area contributed by atoms with Crippen molar-refractivity contribution in [2.75, 3.05) is 0 Å². The Kier molecular flexibility index (Phi) is 3.07. The van der Waals surface area contributed by atoms with Crippen LogP contribution in [0.2, 0.25) is 0 Å². The highest BCUT2D eigenvalue weighted by molar-refractivity contribution is 6.17. The van der Waals surface area contributed by atoms with Gasteiger partial charge in [-0.3, -0.25) is 4.79 Å². The first kappa shape index (κ1) is 12.9. The molecule has 2 rings (SSSR count). The molecule has 4 nitrogen and oxygen atoms in total. The first-order chi connectivity index (χ1) is 8.37. The van der Waals surface area contributed by atoms with Gasteiger partial charge >= 0.3 is 0 Å². The van der Waals surface area contributed by atoms with Crippen molar-refractivity contribution in [1.29, 1.82) is 0 Å². The van der Waals surface area contributed by atoms with Crippen LogP contribution in [0, 0.1) is 6.92 Å². The molecule has 0 radical (unpaired) electrons. The first-order valence-corrected chi connectivity index (χ1v) is 6.25. The molecular weight excluding hydrogens is 250 g/mol. The number of rotatable bonds is 3. The lowest BCUT2D eigenvalue weighted by Gasteiger charge is -2.25. The Bertz CT molecular complexity index is 616. The molecule has 0 saturated heterocycles. The second-order valence-electron chi connectivity index (χ2n) is 4.91. The van der Waals surface area contributed by atoms with Crippen LogP contribution in [0.3, 0.4) is 0 Å². The number of amides is 1. The number of benzene rings is 1. The third-order valence-electron chi connectivity index (χ3n) is 3.16. The Labute approximate surface area is 111 Å². The van der Waals surface area contributed by atoms with Crippen LogP contribution >= 0.6 is 11.6 Å². The largest absolute Gasteiger partial charge is 0.368 e. The Morgan fingerprint density at radius 3 is 2.72 bits per heavy atom. The lowest BCUT2D eigenvalue weighted by atomic mass is 10.0. The Hall–Kier alpha value is -1.55. The molecule has 0 spiro atoms. The second-order valence-corrected chi connectivity index (χ2v) is 5.18. The number of aryl methyl sites for hydroxylation is 1. The van der Waals surface area contributed by atoms with Gasteiger partial charge in [0, 0.05) is 0 Å². The minimum atomic E-state index is -0.853. The average Bonchev–Trinajstić information content (AvgIpc) is 2.66. The van der Waals surface area contributed by atoms with E-state index in [0.29, 0.717) is 5.82 Å². The van der Waals surface area contributed by atoms with Crippen molar-refractivity contribution >= 4 is 28.5 Å². The van der Waals surface area contributed by atoms with Crippen molar-refractivity contribution in [3.05, 3.63) is 29.6 Å². The van der Waals surface area contributed by atoms with Crippen LogP contribution in [0.1, 0.15) is 25.2 Å². The fraction of sp³-hybridized carbons (Fsp3) is 0.385. The van der Waals surface area contributed by atoms with Gasteiger partial charge in [0.25, 0.3) is 0 Å². The lowest BCUT2D eigenvalue weighted by Crippen LogP contribution is -2.41. The summed E-state index contributed by atoms with van der Waals surface area (Å²) < 4.78 is 1.82. The molecule has 5 heteroatoms. The van der Waals surface area contributed by atoms with Gasteiger partial charge in [-0.2, -0.15) is 0 Å². The third-order valence-corrected chi connectivity index (χ3v) is 3.40. The van der Waals surface area contributed by atoms with E-state index < -0.39 is 11.4 Å². The highest BCUT2D eigenvalue weighted by Crippen LogP contribution is 2.26. The van der Waals surface area contributed by atoms with Gasteiger partial charge in [-0.25, -0.2) is 4.98 Å². The fourth-order valence-electron chi connectivity index (χ4n) is 2.06. The topological polar surface area (TPSA) is 60.9 Å². The van der Waals surface area contributed by atoms with Crippen molar-refractivity contribution < 1.29 is 4.79 Å². The van der Waals surface area contributed by atoms with Gasteiger partial charge in [0.05, 0.1) is 16.9 Å². The van der Waals surface area contributed by atoms with E-state index in [4.69, 9.17) is 17.3 Å². The van der Waals surface area contributed by atoms with Crippen LogP contribution < -0.4 is 5.73 Å². The number of nitrogens with two attached hydrogens (primary N) is 1. The van der Waals surface area contributed by atoms with Crippen molar-refractivity contribution in [2.45, 2.75) is 32.2 Å². The van der Waals surface area contributed by atoms with Crippen molar-refractivity contribution in [1.82, 2.24) is 9.55 Å². The molecule has 0 unspecified atom stereocenters. The van der Waals surface area contributed by atoms with Crippen LogP contribution in [-0.2, 0) is 16.2 Å². The molecule has 0 saturated carbocycles. The quantitative estimate of drug-likeness (QED) is 0.866. The van der Waals surface area contributed by atoms with Crippen LogP contribution in [-0.4, -0.2) is 15.5 Å². The number of nitrogens with zero attached hydrogens (tertiary/aromatic N) is 2. The van der Waals surface area contributed by atoms with Gasteiger partial charge in [0.2, 0.25) is 5.91 Å². The van der Waals surface area contributed by atoms with Crippen molar-refractivity contribution in [2.24, 2.45) is 5.73 Å². The number of alkyl halides is 1. The smallest absolute Gasteiger partial charge is 0.243 e. The molecule has 0 aliphatic heterocycles. The maximum atomic E-state index is 11.6. The number of carbonyl (C=O) groups is 1. The molecule has 2 N–H and O–H groups in total. The highest BCUT2D eigenvalue weighted by Gasteiger charge is 2.31. The van der Waals surface area contributed by atoms with E-state index >= 15 is 0 Å². The van der Waals surface area contributed by atoms with Crippen molar-refractivity contribution in [3.63, 3.8) is 0 Å². The predicted molar refractivity (Wildman–Crippen MR) is 72.5 cm³/mol. The highest BCUT2D eigenvalue weighted by atomic mass is 35.5. The fourth-order valence-corrected chi connectivity index (χ4v) is 2.24. The van der Waals surface area contributed by atoms with Crippen LogP contribution in [0.4, 0.5) is 0 Å². The minimum Gasteiger partial charge on any atom is -0.368 e.